The van der Waals surface area contributed by atoms with Gasteiger partial charge in [-0.1, -0.05) is 34.1 Å². The molecule has 3 heteroatoms. The van der Waals surface area contributed by atoms with Gasteiger partial charge in [0.15, 0.2) is 0 Å². The topological polar surface area (TPSA) is 37.3 Å². The van der Waals surface area contributed by atoms with E-state index < -0.39 is 5.97 Å². The van der Waals surface area contributed by atoms with Crippen LogP contribution in [0.3, 0.4) is 0 Å². The number of benzene rings is 1. The minimum atomic E-state index is -0.680. The summed E-state index contributed by atoms with van der Waals surface area (Å²) in [6.45, 7) is 0. The van der Waals surface area contributed by atoms with Crippen molar-refractivity contribution in [3.05, 3.63) is 34.3 Å². The van der Waals surface area contributed by atoms with Crippen molar-refractivity contribution in [1.29, 1.82) is 0 Å². The molecule has 0 bridgehead atoms. The molecule has 0 aromatic heterocycles. The van der Waals surface area contributed by atoms with E-state index in [0.29, 0.717) is 0 Å². The van der Waals surface area contributed by atoms with Crippen molar-refractivity contribution >= 4 is 21.9 Å². The average molecular weight is 241 g/mol. The van der Waals surface area contributed by atoms with E-state index in [0.717, 1.165) is 16.5 Å². The molecule has 1 fully saturated rings. The summed E-state index contributed by atoms with van der Waals surface area (Å²) < 4.78 is 1.02. The zero-order valence-corrected chi connectivity index (χ0v) is 8.49. The Morgan fingerprint density at radius 3 is 2.69 bits per heavy atom. The molecule has 0 aliphatic heterocycles. The average Bonchev–Trinajstić information content (AvgIpc) is 2.84. The monoisotopic (exact) mass is 240 g/mol. The number of carboxylic acids is 1. The molecule has 2 atom stereocenters. The molecular formula is C10H9BrO2. The molecule has 1 saturated carbocycles. The SMILES string of the molecule is O=C(O)[C@@H]1C[C@@H]1c1ccccc1Br. The Hall–Kier alpha value is -0.830. The van der Waals surface area contributed by atoms with Crippen LogP contribution in [0, 0.1) is 5.92 Å². The van der Waals surface area contributed by atoms with Gasteiger partial charge < -0.3 is 5.11 Å². The molecule has 13 heavy (non-hydrogen) atoms. The fourth-order valence-electron chi connectivity index (χ4n) is 1.59. The lowest BCUT2D eigenvalue weighted by Crippen LogP contribution is -1.99. The summed E-state index contributed by atoms with van der Waals surface area (Å²) in [6, 6.07) is 7.81. The molecule has 2 nitrogen and oxygen atoms in total. The summed E-state index contributed by atoms with van der Waals surface area (Å²) >= 11 is 3.42. The maximum absolute atomic E-state index is 10.6. The first-order chi connectivity index (χ1) is 6.20. The standard InChI is InChI=1S/C10H9BrO2/c11-9-4-2-1-3-6(9)7-5-8(7)10(12)13/h1-4,7-8H,5H2,(H,12,13)/t7-,8-/m1/s1. The lowest BCUT2D eigenvalue weighted by molar-refractivity contribution is -0.138. The van der Waals surface area contributed by atoms with Crippen LogP contribution in [-0.4, -0.2) is 11.1 Å². The van der Waals surface area contributed by atoms with Gasteiger partial charge in [0.2, 0.25) is 0 Å². The molecule has 0 saturated heterocycles. The highest BCUT2D eigenvalue weighted by atomic mass is 79.9. The largest absolute Gasteiger partial charge is 0.481 e. The lowest BCUT2D eigenvalue weighted by atomic mass is 10.1. The zero-order valence-electron chi connectivity index (χ0n) is 6.90. The summed E-state index contributed by atoms with van der Waals surface area (Å²) in [5.41, 5.74) is 1.12. The van der Waals surface area contributed by atoms with Crippen LogP contribution in [0.2, 0.25) is 0 Å². The van der Waals surface area contributed by atoms with Gasteiger partial charge in [-0.2, -0.15) is 0 Å². The van der Waals surface area contributed by atoms with Crippen molar-refractivity contribution in [2.75, 3.05) is 0 Å². The molecule has 1 aliphatic carbocycles. The number of carbonyl (C=O) groups is 1. The van der Waals surface area contributed by atoms with E-state index in [1.807, 2.05) is 24.3 Å². The highest BCUT2D eigenvalue weighted by Crippen LogP contribution is 2.49. The Balaban J connectivity index is 2.21. The van der Waals surface area contributed by atoms with Gasteiger partial charge in [-0.05, 0) is 24.0 Å². The molecule has 1 aliphatic rings. The van der Waals surface area contributed by atoms with Gasteiger partial charge in [0.05, 0.1) is 5.92 Å². The van der Waals surface area contributed by atoms with Crippen LogP contribution in [-0.2, 0) is 4.79 Å². The molecule has 0 spiro atoms. The number of hydrogen-bond donors (Lipinski definition) is 1. The van der Waals surface area contributed by atoms with Gasteiger partial charge in [-0.25, -0.2) is 0 Å². The Morgan fingerprint density at radius 2 is 2.15 bits per heavy atom. The van der Waals surface area contributed by atoms with Gasteiger partial charge in [0.25, 0.3) is 0 Å². The predicted molar refractivity (Wildman–Crippen MR) is 52.6 cm³/mol. The fraction of sp³-hybridized carbons (Fsp3) is 0.300. The molecule has 1 aromatic carbocycles. The summed E-state index contributed by atoms with van der Waals surface area (Å²) in [5.74, 6) is -0.632. The lowest BCUT2D eigenvalue weighted by Gasteiger charge is -2.00. The van der Waals surface area contributed by atoms with Crippen LogP contribution >= 0.6 is 15.9 Å². The Kier molecular flexibility index (Phi) is 2.12. The first-order valence-electron chi connectivity index (χ1n) is 4.17. The maximum atomic E-state index is 10.6. The van der Waals surface area contributed by atoms with E-state index in [1.165, 1.54) is 0 Å². The highest BCUT2D eigenvalue weighted by molar-refractivity contribution is 9.10. The van der Waals surface area contributed by atoms with Gasteiger partial charge >= 0.3 is 5.97 Å². The number of carboxylic acid groups (broad SMARTS) is 1. The Morgan fingerprint density at radius 1 is 1.46 bits per heavy atom. The summed E-state index contributed by atoms with van der Waals surface area (Å²) in [6.07, 6.45) is 0.776. The molecule has 2 rings (SSSR count). The Bertz CT molecular complexity index is 349. The Labute approximate surface area is 84.7 Å². The van der Waals surface area contributed by atoms with E-state index >= 15 is 0 Å². The van der Waals surface area contributed by atoms with Crippen LogP contribution in [0.4, 0.5) is 0 Å². The van der Waals surface area contributed by atoms with Gasteiger partial charge in [0, 0.05) is 4.47 Å². The van der Waals surface area contributed by atoms with Crippen LogP contribution < -0.4 is 0 Å². The molecule has 0 unspecified atom stereocenters. The molecule has 1 aromatic rings. The van der Waals surface area contributed by atoms with Gasteiger partial charge in [-0.3, -0.25) is 4.79 Å². The van der Waals surface area contributed by atoms with Crippen LogP contribution in [0.25, 0.3) is 0 Å². The number of halogens is 1. The van der Waals surface area contributed by atoms with Crippen molar-refractivity contribution in [2.24, 2.45) is 5.92 Å². The third-order valence-corrected chi connectivity index (χ3v) is 3.13. The number of hydrogen-bond acceptors (Lipinski definition) is 1. The predicted octanol–water partition coefficient (Wildman–Crippen LogP) is 2.64. The smallest absolute Gasteiger partial charge is 0.307 e. The molecule has 0 radical (unpaired) electrons. The third kappa shape index (κ3) is 1.61. The first kappa shape index (κ1) is 8.75. The van der Waals surface area contributed by atoms with Crippen molar-refractivity contribution in [3.8, 4) is 0 Å². The van der Waals surface area contributed by atoms with Crippen molar-refractivity contribution in [1.82, 2.24) is 0 Å². The van der Waals surface area contributed by atoms with E-state index in [4.69, 9.17) is 5.11 Å². The number of rotatable bonds is 2. The second kappa shape index (κ2) is 3.14. The molecule has 0 heterocycles. The van der Waals surface area contributed by atoms with Crippen molar-refractivity contribution in [3.63, 3.8) is 0 Å². The van der Waals surface area contributed by atoms with E-state index in [1.54, 1.807) is 0 Å². The minimum absolute atomic E-state index is 0.168. The summed E-state index contributed by atoms with van der Waals surface area (Å²) in [4.78, 5) is 10.6. The van der Waals surface area contributed by atoms with Crippen LogP contribution in [0.1, 0.15) is 17.9 Å². The van der Waals surface area contributed by atoms with E-state index in [9.17, 15) is 4.79 Å². The quantitative estimate of drug-likeness (QED) is 0.864. The molecule has 1 N–H and O–H groups in total. The number of aliphatic carboxylic acids is 1. The van der Waals surface area contributed by atoms with Gasteiger partial charge in [-0.15, -0.1) is 0 Å². The van der Waals surface area contributed by atoms with E-state index in [2.05, 4.69) is 15.9 Å². The van der Waals surface area contributed by atoms with Crippen LogP contribution in [0.15, 0.2) is 28.7 Å². The molecular weight excluding hydrogens is 232 g/mol. The maximum Gasteiger partial charge on any atom is 0.307 e. The minimum Gasteiger partial charge on any atom is -0.481 e. The second-order valence-electron chi connectivity index (χ2n) is 3.31. The highest BCUT2D eigenvalue weighted by Gasteiger charge is 2.44. The summed E-state index contributed by atoms with van der Waals surface area (Å²) in [7, 11) is 0. The zero-order chi connectivity index (χ0) is 9.42. The van der Waals surface area contributed by atoms with E-state index in [-0.39, 0.29) is 11.8 Å². The summed E-state index contributed by atoms with van der Waals surface area (Å²) in [5, 5.41) is 8.76. The van der Waals surface area contributed by atoms with Gasteiger partial charge in [0.1, 0.15) is 0 Å². The molecule has 68 valence electrons. The normalized spacial score (nSPS) is 25.6. The third-order valence-electron chi connectivity index (χ3n) is 2.41. The van der Waals surface area contributed by atoms with Crippen molar-refractivity contribution < 1.29 is 9.90 Å². The van der Waals surface area contributed by atoms with Crippen molar-refractivity contribution in [2.45, 2.75) is 12.3 Å². The van der Waals surface area contributed by atoms with Crippen LogP contribution in [0.5, 0.6) is 0 Å². The first-order valence-corrected chi connectivity index (χ1v) is 4.96. The second-order valence-corrected chi connectivity index (χ2v) is 4.16. The molecule has 0 amide bonds. The fourth-order valence-corrected chi connectivity index (χ4v) is 2.17.